The van der Waals surface area contributed by atoms with Gasteiger partial charge in [0.1, 0.15) is 5.82 Å². The van der Waals surface area contributed by atoms with Gasteiger partial charge in [0.25, 0.3) is 5.91 Å². The van der Waals surface area contributed by atoms with Gasteiger partial charge in [0.05, 0.1) is 5.56 Å². The van der Waals surface area contributed by atoms with Crippen LogP contribution >= 0.6 is 0 Å². The van der Waals surface area contributed by atoms with E-state index in [4.69, 9.17) is 0 Å². The van der Waals surface area contributed by atoms with Crippen LogP contribution < -0.4 is 10.6 Å². The van der Waals surface area contributed by atoms with E-state index in [2.05, 4.69) is 20.6 Å². The van der Waals surface area contributed by atoms with Crippen molar-refractivity contribution >= 4 is 17.5 Å². The van der Waals surface area contributed by atoms with Gasteiger partial charge in [-0.2, -0.15) is 0 Å². The second kappa shape index (κ2) is 7.53. The summed E-state index contributed by atoms with van der Waals surface area (Å²) in [5.74, 6) is -0.170. The van der Waals surface area contributed by atoms with Crippen LogP contribution in [0.1, 0.15) is 21.5 Å². The molecule has 0 fully saturated rings. The highest BCUT2D eigenvalue weighted by Crippen LogP contribution is 2.17. The molecule has 0 aliphatic rings. The van der Waals surface area contributed by atoms with E-state index in [-0.39, 0.29) is 11.7 Å². The lowest BCUT2D eigenvalue weighted by atomic mass is 10.2. The van der Waals surface area contributed by atoms with E-state index in [1.807, 2.05) is 31.2 Å². The normalized spacial score (nSPS) is 10.3. The van der Waals surface area contributed by atoms with E-state index in [0.29, 0.717) is 18.1 Å². The van der Waals surface area contributed by atoms with Crippen molar-refractivity contribution < 1.29 is 9.18 Å². The highest BCUT2D eigenvalue weighted by Gasteiger charge is 2.08. The third-order valence-electron chi connectivity index (χ3n) is 3.67. The molecule has 6 heteroatoms. The zero-order valence-electron chi connectivity index (χ0n) is 13.7. The van der Waals surface area contributed by atoms with E-state index < -0.39 is 0 Å². The number of benzene rings is 2. The standard InChI is InChI=1S/C19H17FN4O/c1-13-4-2-3-5-17(13)24-19-22-11-15(12-23-19)18(25)21-10-14-6-8-16(20)9-7-14/h2-9,11-12H,10H2,1H3,(H,21,25)(H,22,23,24). The van der Waals surface area contributed by atoms with Gasteiger partial charge in [0.15, 0.2) is 0 Å². The summed E-state index contributed by atoms with van der Waals surface area (Å²) >= 11 is 0. The zero-order valence-corrected chi connectivity index (χ0v) is 13.7. The molecule has 3 rings (SSSR count). The molecule has 0 aliphatic heterocycles. The molecule has 5 nitrogen and oxygen atoms in total. The minimum atomic E-state index is -0.305. The van der Waals surface area contributed by atoms with Crippen LogP contribution in [0.3, 0.4) is 0 Å². The molecule has 0 aliphatic carbocycles. The number of nitrogens with zero attached hydrogens (tertiary/aromatic N) is 2. The molecule has 0 saturated heterocycles. The fraction of sp³-hybridized carbons (Fsp3) is 0.105. The number of aryl methyl sites for hydroxylation is 1. The van der Waals surface area contributed by atoms with Gasteiger partial charge >= 0.3 is 0 Å². The van der Waals surface area contributed by atoms with E-state index >= 15 is 0 Å². The number of para-hydroxylation sites is 1. The van der Waals surface area contributed by atoms with Gasteiger partial charge in [-0.1, -0.05) is 30.3 Å². The van der Waals surface area contributed by atoms with Crippen LogP contribution in [0, 0.1) is 12.7 Å². The zero-order chi connectivity index (χ0) is 17.6. The van der Waals surface area contributed by atoms with Crippen LogP contribution in [0.5, 0.6) is 0 Å². The van der Waals surface area contributed by atoms with Gasteiger partial charge in [-0.15, -0.1) is 0 Å². The first-order valence-electron chi connectivity index (χ1n) is 7.79. The maximum absolute atomic E-state index is 12.9. The Morgan fingerprint density at radius 3 is 2.40 bits per heavy atom. The molecule has 1 heterocycles. The predicted octanol–water partition coefficient (Wildman–Crippen LogP) is 3.60. The summed E-state index contributed by atoms with van der Waals surface area (Å²) < 4.78 is 12.9. The smallest absolute Gasteiger partial charge is 0.254 e. The maximum atomic E-state index is 12.9. The number of nitrogens with one attached hydrogen (secondary N) is 2. The quantitative estimate of drug-likeness (QED) is 0.747. The second-order valence-corrected chi connectivity index (χ2v) is 5.54. The summed E-state index contributed by atoms with van der Waals surface area (Å²) in [5, 5.41) is 5.86. The first kappa shape index (κ1) is 16.6. The first-order valence-corrected chi connectivity index (χ1v) is 7.79. The maximum Gasteiger partial charge on any atom is 0.254 e. The van der Waals surface area contributed by atoms with Crippen molar-refractivity contribution in [1.82, 2.24) is 15.3 Å². The summed E-state index contributed by atoms with van der Waals surface area (Å²) in [6.07, 6.45) is 2.93. The number of rotatable bonds is 5. The average molecular weight is 336 g/mol. The Morgan fingerprint density at radius 2 is 1.72 bits per heavy atom. The van der Waals surface area contributed by atoms with Crippen molar-refractivity contribution in [3.05, 3.63) is 83.4 Å². The van der Waals surface area contributed by atoms with E-state index in [1.54, 1.807) is 12.1 Å². The van der Waals surface area contributed by atoms with Crippen LogP contribution in [0.4, 0.5) is 16.0 Å². The number of anilines is 2. The van der Waals surface area contributed by atoms with E-state index in [9.17, 15) is 9.18 Å². The molecule has 0 atom stereocenters. The van der Waals surface area contributed by atoms with Crippen molar-refractivity contribution in [2.24, 2.45) is 0 Å². The summed E-state index contributed by atoms with van der Waals surface area (Å²) in [4.78, 5) is 20.5. The van der Waals surface area contributed by atoms with E-state index in [1.165, 1.54) is 24.5 Å². The van der Waals surface area contributed by atoms with Crippen molar-refractivity contribution in [3.8, 4) is 0 Å². The molecular weight excluding hydrogens is 319 g/mol. The van der Waals surface area contributed by atoms with Crippen LogP contribution in [-0.2, 0) is 6.54 Å². The van der Waals surface area contributed by atoms with E-state index in [0.717, 1.165) is 16.8 Å². The molecule has 25 heavy (non-hydrogen) atoms. The average Bonchev–Trinajstić information content (AvgIpc) is 2.63. The molecular formula is C19H17FN4O. The summed E-state index contributed by atoms with van der Waals surface area (Å²) in [5.41, 5.74) is 3.16. The van der Waals surface area contributed by atoms with Crippen molar-refractivity contribution in [2.45, 2.75) is 13.5 Å². The molecule has 0 bridgehead atoms. The highest BCUT2D eigenvalue weighted by molar-refractivity contribution is 5.93. The van der Waals surface area contributed by atoms with Crippen LogP contribution in [0.25, 0.3) is 0 Å². The van der Waals surface area contributed by atoms with Gasteiger partial charge in [-0.25, -0.2) is 14.4 Å². The predicted molar refractivity (Wildman–Crippen MR) is 94.1 cm³/mol. The highest BCUT2D eigenvalue weighted by atomic mass is 19.1. The first-order chi connectivity index (χ1) is 12.1. The minimum absolute atomic E-state index is 0.285. The molecule has 0 spiro atoms. The Morgan fingerprint density at radius 1 is 1.04 bits per heavy atom. The molecule has 2 N–H and O–H groups in total. The van der Waals surface area contributed by atoms with Gasteiger partial charge in [0.2, 0.25) is 5.95 Å². The number of halogens is 1. The van der Waals surface area contributed by atoms with Crippen molar-refractivity contribution in [2.75, 3.05) is 5.32 Å². The van der Waals surface area contributed by atoms with Crippen LogP contribution in [-0.4, -0.2) is 15.9 Å². The molecule has 2 aromatic carbocycles. The molecule has 0 unspecified atom stereocenters. The number of carbonyl (C=O) groups is 1. The largest absolute Gasteiger partial charge is 0.348 e. The number of amides is 1. The number of aromatic nitrogens is 2. The molecule has 0 saturated carbocycles. The molecule has 0 radical (unpaired) electrons. The number of hydrogen-bond acceptors (Lipinski definition) is 4. The molecule has 3 aromatic rings. The lowest BCUT2D eigenvalue weighted by Crippen LogP contribution is -2.23. The Kier molecular flexibility index (Phi) is 4.99. The summed E-state index contributed by atoms with van der Waals surface area (Å²) in [6.45, 7) is 2.29. The van der Waals surface area contributed by atoms with Gasteiger partial charge < -0.3 is 10.6 Å². The Hall–Kier alpha value is -3.28. The topological polar surface area (TPSA) is 66.9 Å². The fourth-order valence-electron chi connectivity index (χ4n) is 2.23. The second-order valence-electron chi connectivity index (χ2n) is 5.54. The van der Waals surface area contributed by atoms with Crippen molar-refractivity contribution in [3.63, 3.8) is 0 Å². The minimum Gasteiger partial charge on any atom is -0.348 e. The lowest BCUT2D eigenvalue weighted by Gasteiger charge is -2.08. The van der Waals surface area contributed by atoms with Crippen molar-refractivity contribution in [1.29, 1.82) is 0 Å². The lowest BCUT2D eigenvalue weighted by molar-refractivity contribution is 0.0950. The Bertz CT molecular complexity index is 863. The summed E-state index contributed by atoms with van der Waals surface area (Å²) in [6, 6.07) is 13.8. The van der Waals surface area contributed by atoms with Gasteiger partial charge in [0, 0.05) is 24.6 Å². The monoisotopic (exact) mass is 336 g/mol. The SMILES string of the molecule is Cc1ccccc1Nc1ncc(C(=O)NCc2ccc(F)cc2)cn1. The Labute approximate surface area is 145 Å². The summed E-state index contributed by atoms with van der Waals surface area (Å²) in [7, 11) is 0. The number of hydrogen-bond donors (Lipinski definition) is 2. The number of carbonyl (C=O) groups excluding carboxylic acids is 1. The van der Waals surface area contributed by atoms with Crippen LogP contribution in [0.15, 0.2) is 60.9 Å². The Balaban J connectivity index is 1.60. The molecule has 126 valence electrons. The fourth-order valence-corrected chi connectivity index (χ4v) is 2.23. The molecule has 1 amide bonds. The van der Waals surface area contributed by atoms with Gasteiger partial charge in [-0.05, 0) is 36.2 Å². The third kappa shape index (κ3) is 4.38. The molecule has 1 aromatic heterocycles. The van der Waals surface area contributed by atoms with Gasteiger partial charge in [-0.3, -0.25) is 4.79 Å². The van der Waals surface area contributed by atoms with Crippen LogP contribution in [0.2, 0.25) is 0 Å². The third-order valence-corrected chi connectivity index (χ3v) is 3.67.